The number of amides is 1. The first-order valence-electron chi connectivity index (χ1n) is 10.2. The minimum atomic E-state index is -0.511. The summed E-state index contributed by atoms with van der Waals surface area (Å²) >= 11 is 9.70. The standard InChI is InChI=1S/C27H22BrClN2O2/c1-3-7-21-12-20(14-24(28)26(21)33-17-19-8-5-4-6-9-19)13-22(16-30)27(32)31-23-11-10-18(2)25(29)15-23/h3-6,8-15H,1,7,17H2,2H3,(H,31,32)/b22-13-. The molecule has 0 radical (unpaired) electrons. The first kappa shape index (κ1) is 24.3. The SMILES string of the molecule is C=CCc1cc(/C=C(/C#N)C(=O)Nc2ccc(C)c(Cl)c2)cc(Br)c1OCc1ccccc1. The average Bonchev–Trinajstić information content (AvgIpc) is 2.80. The summed E-state index contributed by atoms with van der Waals surface area (Å²) in [5.41, 5.74) is 4.04. The van der Waals surface area contributed by atoms with Crippen molar-refractivity contribution in [2.75, 3.05) is 5.32 Å². The van der Waals surface area contributed by atoms with Crippen LogP contribution in [0.4, 0.5) is 5.69 Å². The molecular weight excluding hydrogens is 500 g/mol. The van der Waals surface area contributed by atoms with Gasteiger partial charge in [-0.25, -0.2) is 0 Å². The van der Waals surface area contributed by atoms with Crippen molar-refractivity contribution in [2.45, 2.75) is 20.0 Å². The van der Waals surface area contributed by atoms with Gasteiger partial charge in [0.1, 0.15) is 24.0 Å². The lowest BCUT2D eigenvalue weighted by molar-refractivity contribution is -0.112. The van der Waals surface area contributed by atoms with E-state index in [2.05, 4.69) is 27.8 Å². The van der Waals surface area contributed by atoms with Crippen LogP contribution in [0.3, 0.4) is 0 Å². The van der Waals surface area contributed by atoms with E-state index in [4.69, 9.17) is 16.3 Å². The molecule has 1 N–H and O–H groups in total. The number of allylic oxidation sites excluding steroid dienone is 1. The Morgan fingerprint density at radius 2 is 1.97 bits per heavy atom. The number of nitrogens with one attached hydrogen (secondary N) is 1. The van der Waals surface area contributed by atoms with Gasteiger partial charge in [-0.15, -0.1) is 6.58 Å². The van der Waals surface area contributed by atoms with E-state index in [1.165, 1.54) is 0 Å². The summed E-state index contributed by atoms with van der Waals surface area (Å²) in [7, 11) is 0. The molecule has 166 valence electrons. The second kappa shape index (κ2) is 11.5. The van der Waals surface area contributed by atoms with E-state index in [1.54, 1.807) is 30.4 Å². The number of hydrogen-bond acceptors (Lipinski definition) is 3. The van der Waals surface area contributed by atoms with Gasteiger partial charge in [-0.2, -0.15) is 5.26 Å². The van der Waals surface area contributed by atoms with Crippen LogP contribution in [-0.2, 0) is 17.8 Å². The Bertz CT molecular complexity index is 1250. The van der Waals surface area contributed by atoms with Crippen LogP contribution in [0.2, 0.25) is 5.02 Å². The van der Waals surface area contributed by atoms with Crippen molar-refractivity contribution in [3.05, 3.63) is 111 Å². The zero-order valence-electron chi connectivity index (χ0n) is 18.1. The van der Waals surface area contributed by atoms with Crippen molar-refractivity contribution < 1.29 is 9.53 Å². The molecule has 0 saturated carbocycles. The zero-order chi connectivity index (χ0) is 23.8. The largest absolute Gasteiger partial charge is 0.487 e. The average molecular weight is 522 g/mol. The van der Waals surface area contributed by atoms with Crippen molar-refractivity contribution in [3.63, 3.8) is 0 Å². The van der Waals surface area contributed by atoms with E-state index in [0.717, 1.165) is 21.2 Å². The van der Waals surface area contributed by atoms with Crippen molar-refractivity contribution in [1.29, 1.82) is 5.26 Å². The molecule has 0 saturated heterocycles. The Morgan fingerprint density at radius 3 is 2.64 bits per heavy atom. The fourth-order valence-electron chi connectivity index (χ4n) is 3.14. The summed E-state index contributed by atoms with van der Waals surface area (Å²) in [6.07, 6.45) is 3.90. The fourth-order valence-corrected chi connectivity index (χ4v) is 3.95. The summed E-state index contributed by atoms with van der Waals surface area (Å²) in [6, 6.07) is 20.8. The maximum absolute atomic E-state index is 12.7. The number of carbonyl (C=O) groups is 1. The maximum atomic E-state index is 12.7. The Labute approximate surface area is 207 Å². The van der Waals surface area contributed by atoms with Gasteiger partial charge in [0.05, 0.1) is 4.47 Å². The minimum absolute atomic E-state index is 0.0268. The van der Waals surface area contributed by atoms with Crippen LogP contribution in [0.15, 0.2) is 83.4 Å². The van der Waals surface area contributed by atoms with Crippen molar-refractivity contribution in [3.8, 4) is 11.8 Å². The molecule has 0 aliphatic rings. The third-order valence-electron chi connectivity index (χ3n) is 4.84. The number of anilines is 1. The number of nitriles is 1. The molecule has 0 unspecified atom stereocenters. The summed E-state index contributed by atoms with van der Waals surface area (Å²) < 4.78 is 6.80. The predicted molar refractivity (Wildman–Crippen MR) is 137 cm³/mol. The Hall–Kier alpha value is -3.33. The van der Waals surface area contributed by atoms with Gasteiger partial charge in [0, 0.05) is 10.7 Å². The van der Waals surface area contributed by atoms with Gasteiger partial charge in [0.15, 0.2) is 0 Å². The summed E-state index contributed by atoms with van der Waals surface area (Å²) in [5.74, 6) is 0.191. The Kier molecular flexibility index (Phi) is 8.48. The molecule has 3 aromatic carbocycles. The van der Waals surface area contributed by atoms with Gasteiger partial charge in [-0.3, -0.25) is 4.79 Å². The molecule has 1 amide bonds. The second-order valence-electron chi connectivity index (χ2n) is 7.35. The highest BCUT2D eigenvalue weighted by Crippen LogP contribution is 2.33. The molecular formula is C27H22BrClN2O2. The molecule has 0 fully saturated rings. The lowest BCUT2D eigenvalue weighted by Gasteiger charge is -2.14. The van der Waals surface area contributed by atoms with Gasteiger partial charge < -0.3 is 10.1 Å². The Morgan fingerprint density at radius 1 is 1.21 bits per heavy atom. The van der Waals surface area contributed by atoms with Crippen LogP contribution in [0.5, 0.6) is 5.75 Å². The van der Waals surface area contributed by atoms with Crippen LogP contribution in [-0.4, -0.2) is 5.91 Å². The monoisotopic (exact) mass is 520 g/mol. The molecule has 0 bridgehead atoms. The van der Waals surface area contributed by atoms with E-state index < -0.39 is 5.91 Å². The lowest BCUT2D eigenvalue weighted by Crippen LogP contribution is -2.13. The van der Waals surface area contributed by atoms with Gasteiger partial charge in [0.25, 0.3) is 5.91 Å². The van der Waals surface area contributed by atoms with E-state index in [9.17, 15) is 10.1 Å². The number of nitrogens with zero attached hydrogens (tertiary/aromatic N) is 1. The molecule has 6 heteroatoms. The van der Waals surface area contributed by atoms with Crippen LogP contribution < -0.4 is 10.1 Å². The smallest absolute Gasteiger partial charge is 0.266 e. The van der Waals surface area contributed by atoms with E-state index in [1.807, 2.05) is 55.5 Å². The number of aryl methyl sites for hydroxylation is 1. The van der Waals surface area contributed by atoms with Crippen LogP contribution in [0, 0.1) is 18.3 Å². The van der Waals surface area contributed by atoms with Gasteiger partial charge >= 0.3 is 0 Å². The third kappa shape index (κ3) is 6.58. The molecule has 33 heavy (non-hydrogen) atoms. The van der Waals surface area contributed by atoms with E-state index in [-0.39, 0.29) is 5.57 Å². The van der Waals surface area contributed by atoms with Crippen LogP contribution >= 0.6 is 27.5 Å². The van der Waals surface area contributed by atoms with Gasteiger partial charge in [-0.05, 0) is 81.9 Å². The van der Waals surface area contributed by atoms with Gasteiger partial charge in [0.2, 0.25) is 0 Å². The number of hydrogen-bond donors (Lipinski definition) is 1. The molecule has 0 heterocycles. The van der Waals surface area contributed by atoms with Crippen molar-refractivity contribution in [1.82, 2.24) is 0 Å². The number of rotatable bonds is 8. The number of halogens is 2. The number of carbonyl (C=O) groups excluding carboxylic acids is 1. The molecule has 0 spiro atoms. The first-order chi connectivity index (χ1) is 15.9. The second-order valence-corrected chi connectivity index (χ2v) is 8.61. The van der Waals surface area contributed by atoms with E-state index >= 15 is 0 Å². The minimum Gasteiger partial charge on any atom is -0.487 e. The fraction of sp³-hybridized carbons (Fsp3) is 0.111. The van der Waals surface area contributed by atoms with Crippen LogP contribution in [0.25, 0.3) is 6.08 Å². The maximum Gasteiger partial charge on any atom is 0.266 e. The van der Waals surface area contributed by atoms with E-state index in [0.29, 0.717) is 35.1 Å². The number of ether oxygens (including phenoxy) is 1. The van der Waals surface area contributed by atoms with Crippen molar-refractivity contribution in [2.24, 2.45) is 0 Å². The highest BCUT2D eigenvalue weighted by Gasteiger charge is 2.14. The first-order valence-corrected chi connectivity index (χ1v) is 11.4. The molecule has 0 aliphatic heterocycles. The normalized spacial score (nSPS) is 10.9. The van der Waals surface area contributed by atoms with Gasteiger partial charge in [-0.1, -0.05) is 54.1 Å². The quantitative estimate of drug-likeness (QED) is 0.193. The molecule has 3 rings (SSSR count). The number of benzene rings is 3. The Balaban J connectivity index is 1.85. The third-order valence-corrected chi connectivity index (χ3v) is 5.84. The highest BCUT2D eigenvalue weighted by atomic mass is 79.9. The molecule has 3 aromatic rings. The molecule has 0 aliphatic carbocycles. The molecule has 0 atom stereocenters. The van der Waals surface area contributed by atoms with Crippen LogP contribution in [0.1, 0.15) is 22.3 Å². The summed E-state index contributed by atoms with van der Waals surface area (Å²) in [4.78, 5) is 12.7. The lowest BCUT2D eigenvalue weighted by atomic mass is 10.0. The highest BCUT2D eigenvalue weighted by molar-refractivity contribution is 9.10. The topological polar surface area (TPSA) is 62.1 Å². The van der Waals surface area contributed by atoms with Crippen molar-refractivity contribution >= 4 is 45.2 Å². The molecule has 4 nitrogen and oxygen atoms in total. The summed E-state index contributed by atoms with van der Waals surface area (Å²) in [5, 5.41) is 12.8. The zero-order valence-corrected chi connectivity index (χ0v) is 20.4. The predicted octanol–water partition coefficient (Wildman–Crippen LogP) is 7.26. The molecule has 0 aromatic heterocycles. The summed E-state index contributed by atoms with van der Waals surface area (Å²) in [6.45, 7) is 6.12.